The first kappa shape index (κ1) is 21.2. The van der Waals surface area contributed by atoms with Crippen LogP contribution >= 0.6 is 0 Å². The topological polar surface area (TPSA) is 9.23 Å². The largest absolute Gasteiger partial charge is 0.417 e. The molecule has 0 bridgehead atoms. The Morgan fingerprint density at radius 2 is 1.05 bits per heavy atom. The standard InChI is InChI=1S/C19H42OSi/c1-7-8-9-10-11-12-13-14-15-16-17-18-20-21(5,6)19(2,3)4/h7-18H2,1-6H3. The zero-order chi connectivity index (χ0) is 16.2. The Hall–Kier alpha value is 0.177. The molecule has 21 heavy (non-hydrogen) atoms. The van der Waals surface area contributed by atoms with Gasteiger partial charge in [0.05, 0.1) is 0 Å². The molecule has 0 atom stereocenters. The van der Waals surface area contributed by atoms with Crippen LogP contribution in [0.25, 0.3) is 0 Å². The quantitative estimate of drug-likeness (QED) is 0.255. The van der Waals surface area contributed by atoms with Crippen LogP contribution in [0, 0.1) is 0 Å². The van der Waals surface area contributed by atoms with Crippen LogP contribution in [0.2, 0.25) is 18.1 Å². The average molecular weight is 315 g/mol. The van der Waals surface area contributed by atoms with E-state index in [1.165, 1.54) is 70.6 Å². The molecule has 0 saturated carbocycles. The smallest absolute Gasteiger partial charge is 0.191 e. The maximum atomic E-state index is 6.22. The van der Waals surface area contributed by atoms with E-state index in [1.54, 1.807) is 0 Å². The van der Waals surface area contributed by atoms with Crippen molar-refractivity contribution in [1.82, 2.24) is 0 Å². The Labute approximate surface area is 136 Å². The fraction of sp³-hybridized carbons (Fsp3) is 1.00. The molecule has 0 saturated heterocycles. The lowest BCUT2D eigenvalue weighted by atomic mass is 10.1. The predicted molar refractivity (Wildman–Crippen MR) is 99.6 cm³/mol. The molecule has 0 aliphatic heterocycles. The molecule has 2 heteroatoms. The van der Waals surface area contributed by atoms with E-state index in [9.17, 15) is 0 Å². The molecule has 0 heterocycles. The maximum absolute atomic E-state index is 6.22. The van der Waals surface area contributed by atoms with Gasteiger partial charge in [0.15, 0.2) is 8.32 Å². The minimum absolute atomic E-state index is 0.352. The molecule has 0 fully saturated rings. The third kappa shape index (κ3) is 11.4. The molecule has 0 aliphatic carbocycles. The first-order valence-corrected chi connectivity index (χ1v) is 12.4. The summed E-state index contributed by atoms with van der Waals surface area (Å²) in [5, 5.41) is 0.352. The normalized spacial score (nSPS) is 12.9. The van der Waals surface area contributed by atoms with Gasteiger partial charge in [-0.15, -0.1) is 0 Å². The van der Waals surface area contributed by atoms with Crippen LogP contribution in [0.1, 0.15) is 98.3 Å². The Balaban J connectivity index is 3.30. The minimum Gasteiger partial charge on any atom is -0.417 e. The molecule has 1 nitrogen and oxygen atoms in total. The van der Waals surface area contributed by atoms with Crippen LogP contribution in [-0.2, 0) is 4.43 Å². The van der Waals surface area contributed by atoms with Gasteiger partial charge in [-0.05, 0) is 24.6 Å². The van der Waals surface area contributed by atoms with Crippen LogP contribution in [0.3, 0.4) is 0 Å². The van der Waals surface area contributed by atoms with Gasteiger partial charge in [-0.3, -0.25) is 0 Å². The van der Waals surface area contributed by atoms with Gasteiger partial charge in [-0.25, -0.2) is 0 Å². The van der Waals surface area contributed by atoms with Crippen LogP contribution in [-0.4, -0.2) is 14.9 Å². The third-order valence-electron chi connectivity index (χ3n) is 5.02. The summed E-state index contributed by atoms with van der Waals surface area (Å²) in [5.41, 5.74) is 0. The van der Waals surface area contributed by atoms with Crippen molar-refractivity contribution in [1.29, 1.82) is 0 Å². The highest BCUT2D eigenvalue weighted by Crippen LogP contribution is 2.36. The highest BCUT2D eigenvalue weighted by atomic mass is 28.4. The molecule has 0 aromatic rings. The van der Waals surface area contributed by atoms with Gasteiger partial charge in [0.25, 0.3) is 0 Å². The summed E-state index contributed by atoms with van der Waals surface area (Å²) in [6, 6.07) is 0. The van der Waals surface area contributed by atoms with Crippen molar-refractivity contribution < 1.29 is 4.43 Å². The number of hydrogen-bond acceptors (Lipinski definition) is 1. The average Bonchev–Trinajstić information content (AvgIpc) is 2.38. The maximum Gasteiger partial charge on any atom is 0.191 e. The van der Waals surface area contributed by atoms with Gasteiger partial charge in [-0.2, -0.15) is 0 Å². The molecule has 0 radical (unpaired) electrons. The van der Waals surface area contributed by atoms with Gasteiger partial charge in [0.2, 0.25) is 0 Å². The summed E-state index contributed by atoms with van der Waals surface area (Å²) < 4.78 is 6.22. The molecule has 0 rings (SSSR count). The second kappa shape index (κ2) is 11.7. The van der Waals surface area contributed by atoms with E-state index in [2.05, 4.69) is 40.8 Å². The lowest BCUT2D eigenvalue weighted by Gasteiger charge is -2.36. The Bertz CT molecular complexity index is 230. The zero-order valence-electron chi connectivity index (χ0n) is 15.9. The Morgan fingerprint density at radius 3 is 1.43 bits per heavy atom. The highest BCUT2D eigenvalue weighted by molar-refractivity contribution is 6.74. The van der Waals surface area contributed by atoms with Crippen molar-refractivity contribution >= 4 is 8.32 Å². The van der Waals surface area contributed by atoms with E-state index >= 15 is 0 Å². The van der Waals surface area contributed by atoms with Crippen molar-refractivity contribution in [3.05, 3.63) is 0 Å². The van der Waals surface area contributed by atoms with E-state index in [0.717, 1.165) is 6.61 Å². The van der Waals surface area contributed by atoms with Crippen molar-refractivity contribution in [2.45, 2.75) is 116 Å². The molecule has 0 N–H and O–H groups in total. The SMILES string of the molecule is CCCCCCCCCCCCCO[Si](C)(C)C(C)(C)C. The first-order valence-electron chi connectivity index (χ1n) is 9.45. The summed E-state index contributed by atoms with van der Waals surface area (Å²) in [7, 11) is -1.50. The zero-order valence-corrected chi connectivity index (χ0v) is 16.9. The highest BCUT2D eigenvalue weighted by Gasteiger charge is 2.36. The molecule has 0 aliphatic rings. The Kier molecular flexibility index (Phi) is 11.8. The molecule has 128 valence electrons. The molecule has 0 aromatic carbocycles. The second-order valence-corrected chi connectivity index (χ2v) is 13.0. The predicted octanol–water partition coefficient (Wildman–Crippen LogP) is 7.32. The summed E-state index contributed by atoms with van der Waals surface area (Å²) in [6.45, 7) is 14.9. The van der Waals surface area contributed by atoms with Crippen LogP contribution in [0.4, 0.5) is 0 Å². The fourth-order valence-electron chi connectivity index (χ4n) is 2.31. The van der Waals surface area contributed by atoms with Gasteiger partial charge >= 0.3 is 0 Å². The van der Waals surface area contributed by atoms with E-state index < -0.39 is 8.32 Å². The van der Waals surface area contributed by atoms with E-state index in [4.69, 9.17) is 4.43 Å². The molecule has 0 amide bonds. The van der Waals surface area contributed by atoms with Gasteiger partial charge in [0, 0.05) is 6.61 Å². The molecule has 0 aromatic heterocycles. The van der Waals surface area contributed by atoms with Crippen molar-refractivity contribution in [2.75, 3.05) is 6.61 Å². The van der Waals surface area contributed by atoms with Crippen LogP contribution < -0.4 is 0 Å². The summed E-state index contributed by atoms with van der Waals surface area (Å²) >= 11 is 0. The van der Waals surface area contributed by atoms with Gasteiger partial charge in [-0.1, -0.05) is 91.9 Å². The minimum atomic E-state index is -1.50. The summed E-state index contributed by atoms with van der Waals surface area (Å²) in [4.78, 5) is 0. The fourth-order valence-corrected chi connectivity index (χ4v) is 3.40. The van der Waals surface area contributed by atoms with Crippen LogP contribution in [0.5, 0.6) is 0 Å². The van der Waals surface area contributed by atoms with Gasteiger partial charge < -0.3 is 4.43 Å². The second-order valence-electron chi connectivity index (χ2n) is 8.14. The number of hydrogen-bond donors (Lipinski definition) is 0. The van der Waals surface area contributed by atoms with Crippen molar-refractivity contribution in [2.24, 2.45) is 0 Å². The summed E-state index contributed by atoms with van der Waals surface area (Å²) in [6.07, 6.45) is 15.5. The molecule has 0 spiro atoms. The first-order chi connectivity index (χ1) is 9.81. The van der Waals surface area contributed by atoms with Crippen molar-refractivity contribution in [3.63, 3.8) is 0 Å². The number of rotatable bonds is 13. The third-order valence-corrected chi connectivity index (χ3v) is 9.56. The Morgan fingerprint density at radius 1 is 0.667 bits per heavy atom. The van der Waals surface area contributed by atoms with Gasteiger partial charge in [0.1, 0.15) is 0 Å². The monoisotopic (exact) mass is 314 g/mol. The molecular formula is C19H42OSi. The van der Waals surface area contributed by atoms with Crippen LogP contribution in [0.15, 0.2) is 0 Å². The van der Waals surface area contributed by atoms with E-state index in [0.29, 0.717) is 5.04 Å². The molecule has 0 unspecified atom stereocenters. The number of unbranched alkanes of at least 4 members (excludes halogenated alkanes) is 10. The van der Waals surface area contributed by atoms with E-state index in [1.807, 2.05) is 0 Å². The summed E-state index contributed by atoms with van der Waals surface area (Å²) in [5.74, 6) is 0. The van der Waals surface area contributed by atoms with E-state index in [-0.39, 0.29) is 0 Å². The lowest BCUT2D eigenvalue weighted by Crippen LogP contribution is -2.40. The molecular weight excluding hydrogens is 272 g/mol. The lowest BCUT2D eigenvalue weighted by molar-refractivity contribution is 0.277. The van der Waals surface area contributed by atoms with Crippen molar-refractivity contribution in [3.8, 4) is 0 Å².